The van der Waals surface area contributed by atoms with Crippen molar-refractivity contribution in [2.75, 3.05) is 5.32 Å². The van der Waals surface area contributed by atoms with Crippen LogP contribution in [0.15, 0.2) is 42.5 Å². The average molecular weight is 319 g/mol. The lowest BCUT2D eigenvalue weighted by Crippen LogP contribution is -2.12. The Morgan fingerprint density at radius 1 is 1.22 bits per heavy atom. The van der Waals surface area contributed by atoms with E-state index in [1.807, 2.05) is 6.07 Å². The maximum Gasteiger partial charge on any atom is 0.267 e. The molecular weight excluding hydrogens is 300 g/mol. The van der Waals surface area contributed by atoms with Gasteiger partial charge in [-0.05, 0) is 25.1 Å². The van der Waals surface area contributed by atoms with Gasteiger partial charge in [0.25, 0.3) is 6.43 Å². The summed E-state index contributed by atoms with van der Waals surface area (Å²) < 4.78 is 31.8. The van der Waals surface area contributed by atoms with Crippen molar-refractivity contribution in [2.24, 2.45) is 0 Å². The van der Waals surface area contributed by atoms with E-state index in [0.717, 1.165) is 11.1 Å². The van der Waals surface area contributed by atoms with Crippen molar-refractivity contribution in [3.8, 4) is 5.75 Å². The largest absolute Gasteiger partial charge is 0.488 e. The first kappa shape index (κ1) is 16.9. The Kier molecular flexibility index (Phi) is 5.68. The zero-order chi connectivity index (χ0) is 16.8. The van der Waals surface area contributed by atoms with Crippen molar-refractivity contribution in [1.82, 2.24) is 0 Å². The molecule has 0 bridgehead atoms. The lowest BCUT2D eigenvalue weighted by Gasteiger charge is -2.14. The van der Waals surface area contributed by atoms with Gasteiger partial charge in [0.2, 0.25) is 5.91 Å². The number of ether oxygens (including phenoxy) is 1. The Balaban J connectivity index is 2.17. The third-order valence-corrected chi connectivity index (χ3v) is 3.40. The topological polar surface area (TPSA) is 38.3 Å². The number of halogens is 2. The van der Waals surface area contributed by atoms with Crippen molar-refractivity contribution in [3.63, 3.8) is 0 Å². The maximum atomic E-state index is 13.1. The first-order valence-electron chi connectivity index (χ1n) is 7.40. The highest BCUT2D eigenvalue weighted by Gasteiger charge is 2.15. The Labute approximate surface area is 134 Å². The number of carbonyl (C=O) groups is 1. The Morgan fingerprint density at radius 3 is 2.65 bits per heavy atom. The van der Waals surface area contributed by atoms with Gasteiger partial charge in [-0.15, -0.1) is 0 Å². The lowest BCUT2D eigenvalue weighted by atomic mass is 10.1. The summed E-state index contributed by atoms with van der Waals surface area (Å²) >= 11 is 0. The predicted octanol–water partition coefficient (Wildman–Crippen LogP) is 4.86. The van der Waals surface area contributed by atoms with Crippen LogP contribution in [0.3, 0.4) is 0 Å². The standard InChI is InChI=1S/C18H19F2NO2/c1-3-17(22)21-15-7-5-4-6-13(15)11-23-16-9-8-12(2)10-14(16)18(19)20/h4-10,18H,3,11H2,1-2H3,(H,21,22). The fourth-order valence-electron chi connectivity index (χ4n) is 2.13. The molecule has 23 heavy (non-hydrogen) atoms. The molecule has 0 saturated heterocycles. The van der Waals surface area contributed by atoms with Gasteiger partial charge in [-0.2, -0.15) is 0 Å². The summed E-state index contributed by atoms with van der Waals surface area (Å²) in [5, 5.41) is 2.78. The number of rotatable bonds is 6. The molecule has 122 valence electrons. The summed E-state index contributed by atoms with van der Waals surface area (Å²) in [5.74, 6) is 0.0447. The Hall–Kier alpha value is -2.43. The fourth-order valence-corrected chi connectivity index (χ4v) is 2.13. The van der Waals surface area contributed by atoms with Crippen LogP contribution in [0, 0.1) is 6.92 Å². The van der Waals surface area contributed by atoms with Gasteiger partial charge in [-0.1, -0.05) is 36.8 Å². The van der Waals surface area contributed by atoms with Crippen LogP contribution >= 0.6 is 0 Å². The van der Waals surface area contributed by atoms with Crippen LogP contribution in [0.25, 0.3) is 0 Å². The second kappa shape index (κ2) is 7.72. The predicted molar refractivity (Wildman–Crippen MR) is 85.8 cm³/mol. The van der Waals surface area contributed by atoms with E-state index in [1.165, 1.54) is 6.07 Å². The molecule has 2 aromatic carbocycles. The second-order valence-corrected chi connectivity index (χ2v) is 5.19. The number of hydrogen-bond donors (Lipinski definition) is 1. The van der Waals surface area contributed by atoms with Gasteiger partial charge in [0.15, 0.2) is 0 Å². The van der Waals surface area contributed by atoms with Crippen LogP contribution in [0.4, 0.5) is 14.5 Å². The molecule has 0 unspecified atom stereocenters. The third-order valence-electron chi connectivity index (χ3n) is 3.40. The lowest BCUT2D eigenvalue weighted by molar-refractivity contribution is -0.115. The number of amides is 1. The van der Waals surface area contributed by atoms with E-state index in [2.05, 4.69) is 5.32 Å². The molecule has 0 aliphatic carbocycles. The number of alkyl halides is 2. The zero-order valence-electron chi connectivity index (χ0n) is 13.1. The number of carbonyl (C=O) groups excluding carboxylic acids is 1. The minimum atomic E-state index is -2.60. The Bertz CT molecular complexity index is 686. The quantitative estimate of drug-likeness (QED) is 0.825. The number of para-hydroxylation sites is 1. The van der Waals surface area contributed by atoms with Gasteiger partial charge in [0.05, 0.1) is 5.56 Å². The van der Waals surface area contributed by atoms with Crippen LogP contribution in [-0.4, -0.2) is 5.91 Å². The molecule has 0 saturated carbocycles. The first-order valence-corrected chi connectivity index (χ1v) is 7.40. The number of nitrogens with one attached hydrogen (secondary N) is 1. The highest BCUT2D eigenvalue weighted by molar-refractivity contribution is 5.91. The van der Waals surface area contributed by atoms with E-state index in [1.54, 1.807) is 44.2 Å². The molecule has 1 N–H and O–H groups in total. The SMILES string of the molecule is CCC(=O)Nc1ccccc1COc1ccc(C)cc1C(F)F. The second-order valence-electron chi connectivity index (χ2n) is 5.19. The molecule has 0 aliphatic heterocycles. The van der Waals surface area contributed by atoms with Crippen LogP contribution in [0.5, 0.6) is 5.75 Å². The van der Waals surface area contributed by atoms with Gasteiger partial charge in [0, 0.05) is 17.7 Å². The molecule has 2 aromatic rings. The molecule has 5 heteroatoms. The van der Waals surface area contributed by atoms with Gasteiger partial charge >= 0.3 is 0 Å². The Morgan fingerprint density at radius 2 is 1.96 bits per heavy atom. The van der Waals surface area contributed by atoms with Gasteiger partial charge < -0.3 is 10.1 Å². The molecule has 1 amide bonds. The normalized spacial score (nSPS) is 10.7. The van der Waals surface area contributed by atoms with Crippen molar-refractivity contribution in [2.45, 2.75) is 33.3 Å². The summed E-state index contributed by atoms with van der Waals surface area (Å²) in [7, 11) is 0. The minimum absolute atomic E-state index is 0.100. The van der Waals surface area contributed by atoms with E-state index >= 15 is 0 Å². The van der Waals surface area contributed by atoms with E-state index in [-0.39, 0.29) is 23.8 Å². The summed E-state index contributed by atoms with van der Waals surface area (Å²) in [4.78, 5) is 11.5. The van der Waals surface area contributed by atoms with Crippen molar-refractivity contribution >= 4 is 11.6 Å². The van der Waals surface area contributed by atoms with Crippen LogP contribution in [0.1, 0.15) is 36.5 Å². The number of aryl methyl sites for hydroxylation is 1. The highest BCUT2D eigenvalue weighted by atomic mass is 19.3. The fraction of sp³-hybridized carbons (Fsp3) is 0.278. The average Bonchev–Trinajstić information content (AvgIpc) is 2.54. The molecule has 0 spiro atoms. The summed E-state index contributed by atoms with van der Waals surface area (Å²) in [6.45, 7) is 3.61. The van der Waals surface area contributed by atoms with E-state index in [9.17, 15) is 13.6 Å². The zero-order valence-corrected chi connectivity index (χ0v) is 13.1. The number of hydrogen-bond acceptors (Lipinski definition) is 2. The molecule has 3 nitrogen and oxygen atoms in total. The summed E-state index contributed by atoms with van der Waals surface area (Å²) in [6, 6.07) is 11.9. The van der Waals surface area contributed by atoms with Crippen molar-refractivity contribution in [3.05, 3.63) is 59.2 Å². The van der Waals surface area contributed by atoms with Gasteiger partial charge in [-0.25, -0.2) is 8.78 Å². The highest BCUT2D eigenvalue weighted by Crippen LogP contribution is 2.31. The van der Waals surface area contributed by atoms with Crippen LogP contribution < -0.4 is 10.1 Å². The molecule has 2 rings (SSSR count). The monoisotopic (exact) mass is 319 g/mol. The molecule has 0 atom stereocenters. The van der Waals surface area contributed by atoms with Crippen LogP contribution in [0.2, 0.25) is 0 Å². The number of anilines is 1. The summed E-state index contributed by atoms with van der Waals surface area (Å²) in [6.07, 6.45) is -2.23. The van der Waals surface area contributed by atoms with Gasteiger partial charge in [0.1, 0.15) is 12.4 Å². The summed E-state index contributed by atoms with van der Waals surface area (Å²) in [5.41, 5.74) is 1.99. The molecule has 0 aliphatic rings. The smallest absolute Gasteiger partial charge is 0.267 e. The third kappa shape index (κ3) is 4.52. The van der Waals surface area contributed by atoms with Crippen molar-refractivity contribution < 1.29 is 18.3 Å². The van der Waals surface area contributed by atoms with E-state index < -0.39 is 6.43 Å². The molecule has 0 radical (unpaired) electrons. The van der Waals surface area contributed by atoms with E-state index in [0.29, 0.717) is 12.1 Å². The van der Waals surface area contributed by atoms with Crippen LogP contribution in [-0.2, 0) is 11.4 Å². The maximum absolute atomic E-state index is 13.1. The molecule has 0 heterocycles. The van der Waals surface area contributed by atoms with Crippen molar-refractivity contribution in [1.29, 1.82) is 0 Å². The van der Waals surface area contributed by atoms with E-state index in [4.69, 9.17) is 4.74 Å². The molecular formula is C18H19F2NO2. The molecule has 0 aromatic heterocycles. The first-order chi connectivity index (χ1) is 11.0. The molecule has 0 fully saturated rings. The van der Waals surface area contributed by atoms with Gasteiger partial charge in [-0.3, -0.25) is 4.79 Å². The minimum Gasteiger partial charge on any atom is -0.488 e. The number of benzene rings is 2.